The zero-order chi connectivity index (χ0) is 14.5. The molecule has 0 saturated carbocycles. The van der Waals surface area contributed by atoms with Crippen LogP contribution in [0.15, 0.2) is 29.2 Å². The standard InChI is InChI=1S/C13H18ClNO3S/c1-3-15(9-5-8-14)13(16)11-6-4-7-12(10-11)19(2,17)18/h4,6-7,10H,3,5,8-9H2,1-2H3. The van der Waals surface area contributed by atoms with E-state index in [1.165, 1.54) is 12.1 Å². The molecule has 0 heterocycles. The van der Waals surface area contributed by atoms with Crippen molar-refractivity contribution >= 4 is 27.3 Å². The summed E-state index contributed by atoms with van der Waals surface area (Å²) in [5, 5.41) is 0. The van der Waals surface area contributed by atoms with Crippen LogP contribution in [-0.4, -0.2) is 44.5 Å². The van der Waals surface area contributed by atoms with Crippen LogP contribution >= 0.6 is 11.6 Å². The maximum Gasteiger partial charge on any atom is 0.253 e. The molecule has 0 unspecified atom stereocenters. The molecule has 1 rings (SSSR count). The number of nitrogens with zero attached hydrogens (tertiary/aromatic N) is 1. The van der Waals surface area contributed by atoms with Crippen LogP contribution in [0.1, 0.15) is 23.7 Å². The lowest BCUT2D eigenvalue weighted by molar-refractivity contribution is 0.0764. The Morgan fingerprint density at radius 3 is 2.58 bits per heavy atom. The number of carbonyl (C=O) groups is 1. The average Bonchev–Trinajstić information content (AvgIpc) is 2.38. The molecule has 1 aromatic carbocycles. The number of benzene rings is 1. The predicted molar refractivity (Wildman–Crippen MR) is 76.5 cm³/mol. The minimum absolute atomic E-state index is 0.159. The van der Waals surface area contributed by atoms with Gasteiger partial charge in [0.1, 0.15) is 0 Å². The minimum atomic E-state index is -3.30. The van der Waals surface area contributed by atoms with Crippen LogP contribution in [0.25, 0.3) is 0 Å². The average molecular weight is 304 g/mol. The highest BCUT2D eigenvalue weighted by molar-refractivity contribution is 7.90. The smallest absolute Gasteiger partial charge is 0.253 e. The molecule has 0 radical (unpaired) electrons. The van der Waals surface area contributed by atoms with E-state index in [4.69, 9.17) is 11.6 Å². The Kier molecular flexibility index (Phi) is 5.82. The summed E-state index contributed by atoms with van der Waals surface area (Å²) in [7, 11) is -3.30. The number of amides is 1. The van der Waals surface area contributed by atoms with Crippen LogP contribution in [0.4, 0.5) is 0 Å². The van der Waals surface area contributed by atoms with Crippen molar-refractivity contribution in [3.8, 4) is 0 Å². The second-order valence-corrected chi connectivity index (χ2v) is 6.62. The van der Waals surface area contributed by atoms with E-state index >= 15 is 0 Å². The van der Waals surface area contributed by atoms with Crippen molar-refractivity contribution in [3.05, 3.63) is 29.8 Å². The van der Waals surface area contributed by atoms with Crippen molar-refractivity contribution in [2.45, 2.75) is 18.2 Å². The van der Waals surface area contributed by atoms with Crippen molar-refractivity contribution in [2.75, 3.05) is 25.2 Å². The van der Waals surface area contributed by atoms with Crippen molar-refractivity contribution in [1.29, 1.82) is 0 Å². The fourth-order valence-electron chi connectivity index (χ4n) is 1.70. The number of carbonyl (C=O) groups excluding carboxylic acids is 1. The zero-order valence-electron chi connectivity index (χ0n) is 11.1. The number of halogens is 1. The molecular formula is C13H18ClNO3S. The van der Waals surface area contributed by atoms with Crippen LogP contribution in [-0.2, 0) is 9.84 Å². The van der Waals surface area contributed by atoms with Crippen LogP contribution in [0.3, 0.4) is 0 Å². The van der Waals surface area contributed by atoms with E-state index in [-0.39, 0.29) is 10.8 Å². The largest absolute Gasteiger partial charge is 0.339 e. The third-order valence-corrected chi connectivity index (χ3v) is 4.12. The van der Waals surface area contributed by atoms with Crippen LogP contribution in [0.5, 0.6) is 0 Å². The van der Waals surface area contributed by atoms with E-state index in [0.29, 0.717) is 31.0 Å². The maximum absolute atomic E-state index is 12.2. The van der Waals surface area contributed by atoms with Gasteiger partial charge in [-0.3, -0.25) is 4.79 Å². The van der Waals surface area contributed by atoms with Gasteiger partial charge in [-0.25, -0.2) is 8.42 Å². The first-order chi connectivity index (χ1) is 8.90. The van der Waals surface area contributed by atoms with E-state index < -0.39 is 9.84 Å². The van der Waals surface area contributed by atoms with Gasteiger partial charge in [0.05, 0.1) is 4.90 Å². The highest BCUT2D eigenvalue weighted by Crippen LogP contribution is 2.13. The number of alkyl halides is 1. The lowest BCUT2D eigenvalue weighted by Gasteiger charge is -2.20. The highest BCUT2D eigenvalue weighted by Gasteiger charge is 2.16. The Hall–Kier alpha value is -1.07. The van der Waals surface area contributed by atoms with Gasteiger partial charge in [-0.15, -0.1) is 11.6 Å². The second-order valence-electron chi connectivity index (χ2n) is 4.23. The van der Waals surface area contributed by atoms with E-state index in [0.717, 1.165) is 6.26 Å². The molecule has 0 aliphatic carbocycles. The first kappa shape index (κ1) is 16.0. The Labute approximate surface area is 119 Å². The topological polar surface area (TPSA) is 54.5 Å². The number of rotatable bonds is 6. The van der Waals surface area contributed by atoms with Gasteiger partial charge < -0.3 is 4.90 Å². The van der Waals surface area contributed by atoms with Crippen molar-refractivity contribution < 1.29 is 13.2 Å². The summed E-state index contributed by atoms with van der Waals surface area (Å²) < 4.78 is 23.0. The van der Waals surface area contributed by atoms with Crippen molar-refractivity contribution in [2.24, 2.45) is 0 Å². The molecule has 6 heteroatoms. The van der Waals surface area contributed by atoms with Crippen molar-refractivity contribution in [3.63, 3.8) is 0 Å². The first-order valence-corrected chi connectivity index (χ1v) is 8.48. The molecule has 1 aromatic rings. The van der Waals surface area contributed by atoms with Gasteiger partial charge in [-0.2, -0.15) is 0 Å². The van der Waals surface area contributed by atoms with Gasteiger partial charge in [0.2, 0.25) is 0 Å². The predicted octanol–water partition coefficient (Wildman–Crippen LogP) is 2.18. The fourth-order valence-corrected chi connectivity index (χ4v) is 2.48. The Bertz CT molecular complexity index is 543. The van der Waals surface area contributed by atoms with Gasteiger partial charge in [0.25, 0.3) is 5.91 Å². The normalized spacial score (nSPS) is 11.3. The number of sulfone groups is 1. The Morgan fingerprint density at radius 1 is 1.37 bits per heavy atom. The molecule has 0 spiro atoms. The quantitative estimate of drug-likeness (QED) is 0.757. The summed E-state index contributed by atoms with van der Waals surface area (Å²) in [4.78, 5) is 14.1. The maximum atomic E-state index is 12.2. The van der Waals surface area contributed by atoms with E-state index in [1.54, 1.807) is 17.0 Å². The molecule has 0 N–H and O–H groups in total. The van der Waals surface area contributed by atoms with Gasteiger partial charge in [-0.1, -0.05) is 6.07 Å². The summed E-state index contributed by atoms with van der Waals surface area (Å²) in [5.74, 6) is 0.325. The molecule has 4 nitrogen and oxygen atoms in total. The summed E-state index contributed by atoms with van der Waals surface area (Å²) >= 11 is 5.62. The van der Waals surface area contributed by atoms with Gasteiger partial charge in [0, 0.05) is 30.8 Å². The molecule has 0 saturated heterocycles. The lowest BCUT2D eigenvalue weighted by Crippen LogP contribution is -2.32. The van der Waals surface area contributed by atoms with Crippen LogP contribution in [0.2, 0.25) is 0 Å². The van der Waals surface area contributed by atoms with E-state index in [9.17, 15) is 13.2 Å². The number of hydrogen-bond donors (Lipinski definition) is 0. The first-order valence-electron chi connectivity index (χ1n) is 6.05. The second kappa shape index (κ2) is 6.91. The Morgan fingerprint density at radius 2 is 2.05 bits per heavy atom. The summed E-state index contributed by atoms with van der Waals surface area (Å²) in [6.07, 6.45) is 1.84. The zero-order valence-corrected chi connectivity index (χ0v) is 12.7. The summed E-state index contributed by atoms with van der Waals surface area (Å²) in [6.45, 7) is 3.02. The molecule has 0 aliphatic heterocycles. The Balaban J connectivity index is 2.99. The van der Waals surface area contributed by atoms with E-state index in [2.05, 4.69) is 0 Å². The summed E-state index contributed by atoms with van der Waals surface area (Å²) in [6, 6.07) is 6.11. The fraction of sp³-hybridized carbons (Fsp3) is 0.462. The minimum Gasteiger partial charge on any atom is -0.339 e. The third-order valence-electron chi connectivity index (χ3n) is 2.74. The molecule has 0 atom stereocenters. The molecule has 0 aliphatic rings. The number of hydrogen-bond acceptors (Lipinski definition) is 3. The van der Waals surface area contributed by atoms with Crippen molar-refractivity contribution in [1.82, 2.24) is 4.90 Å². The monoisotopic (exact) mass is 303 g/mol. The SMILES string of the molecule is CCN(CCCCl)C(=O)c1cccc(S(C)(=O)=O)c1. The highest BCUT2D eigenvalue weighted by atomic mass is 35.5. The van der Waals surface area contributed by atoms with E-state index in [1.807, 2.05) is 6.92 Å². The van der Waals surface area contributed by atoms with Gasteiger partial charge >= 0.3 is 0 Å². The lowest BCUT2D eigenvalue weighted by atomic mass is 10.2. The molecule has 1 amide bonds. The van der Waals surface area contributed by atoms with Gasteiger partial charge in [-0.05, 0) is 31.5 Å². The molecule has 0 bridgehead atoms. The molecule has 0 aromatic heterocycles. The van der Waals surface area contributed by atoms with Crippen LogP contribution < -0.4 is 0 Å². The molecule has 0 fully saturated rings. The molecular weight excluding hydrogens is 286 g/mol. The summed E-state index contributed by atoms with van der Waals surface area (Å²) in [5.41, 5.74) is 0.388. The van der Waals surface area contributed by atoms with Crippen LogP contribution in [0, 0.1) is 0 Å². The third kappa shape index (κ3) is 4.51. The molecule has 106 valence electrons. The molecule has 19 heavy (non-hydrogen) atoms. The van der Waals surface area contributed by atoms with Gasteiger partial charge in [0.15, 0.2) is 9.84 Å².